The van der Waals surface area contributed by atoms with Crippen molar-refractivity contribution >= 4 is 11.8 Å². The predicted octanol–water partition coefficient (Wildman–Crippen LogP) is 2.35. The van der Waals surface area contributed by atoms with E-state index in [4.69, 9.17) is 0 Å². The molecule has 2 aromatic carbocycles. The maximum absolute atomic E-state index is 13.5. The van der Waals surface area contributed by atoms with Crippen molar-refractivity contribution in [2.24, 2.45) is 11.8 Å². The van der Waals surface area contributed by atoms with Crippen LogP contribution in [0.1, 0.15) is 40.7 Å². The van der Waals surface area contributed by atoms with Crippen LogP contribution in [-0.2, 0) is 17.8 Å². The summed E-state index contributed by atoms with van der Waals surface area (Å²) in [6.45, 7) is 4.84. The van der Waals surface area contributed by atoms with Crippen molar-refractivity contribution in [1.29, 1.82) is 0 Å². The number of piperidine rings is 1. The van der Waals surface area contributed by atoms with Gasteiger partial charge in [0, 0.05) is 31.7 Å². The fourth-order valence-electron chi connectivity index (χ4n) is 5.82. The van der Waals surface area contributed by atoms with E-state index in [1.807, 2.05) is 42.5 Å². The minimum Gasteiger partial charge on any atom is -0.355 e. The smallest absolute Gasteiger partial charge is 0.252 e. The number of nitrogens with zero attached hydrogens (tertiary/aromatic N) is 1. The highest BCUT2D eigenvalue weighted by molar-refractivity contribution is 5.97. The molecule has 3 atom stereocenters. The molecule has 1 unspecified atom stereocenters. The summed E-state index contributed by atoms with van der Waals surface area (Å²) in [5.74, 6) is 0.228. The fourth-order valence-corrected chi connectivity index (χ4v) is 5.82. The standard InChI is InChI=1S/C27H34N4O2/c32-25-23-11-5-4-10-22(23)12-13-27(30-25)19-31(17-20-7-2-1-3-8-20)18-24(27)26(33)29-16-21-9-6-14-28-15-21/h1-5,7-8,10-11,21,24,28H,6,9,12-19H2,(H,29,33)(H,30,32)/t21?,24-,27+/m0/s1. The van der Waals surface area contributed by atoms with E-state index in [-0.39, 0.29) is 17.7 Å². The SMILES string of the molecule is O=C1N[C@]2(CCc3ccccc31)CN(Cc1ccccc1)C[C@H]2C(=O)NCC1CCCNC1. The van der Waals surface area contributed by atoms with Gasteiger partial charge in [-0.3, -0.25) is 14.5 Å². The monoisotopic (exact) mass is 446 g/mol. The summed E-state index contributed by atoms with van der Waals surface area (Å²) in [6, 6.07) is 18.2. The molecule has 0 bridgehead atoms. The Hall–Kier alpha value is -2.70. The zero-order valence-corrected chi connectivity index (χ0v) is 19.2. The van der Waals surface area contributed by atoms with Gasteiger partial charge in [-0.1, -0.05) is 48.5 Å². The van der Waals surface area contributed by atoms with Crippen LogP contribution in [0.4, 0.5) is 0 Å². The summed E-state index contributed by atoms with van der Waals surface area (Å²) in [5, 5.41) is 10.0. The summed E-state index contributed by atoms with van der Waals surface area (Å²) in [4.78, 5) is 29.1. The number of carbonyl (C=O) groups excluding carboxylic acids is 2. The molecule has 6 heteroatoms. The second-order valence-corrected chi connectivity index (χ2v) is 9.93. The van der Waals surface area contributed by atoms with Crippen molar-refractivity contribution in [2.45, 2.75) is 37.8 Å². The molecule has 0 aliphatic carbocycles. The molecule has 3 heterocycles. The zero-order valence-electron chi connectivity index (χ0n) is 19.2. The highest BCUT2D eigenvalue weighted by Gasteiger charge is 2.51. The lowest BCUT2D eigenvalue weighted by Crippen LogP contribution is -2.57. The molecule has 2 amide bonds. The molecule has 6 nitrogen and oxygen atoms in total. The summed E-state index contributed by atoms with van der Waals surface area (Å²) < 4.78 is 0. The van der Waals surface area contributed by atoms with Gasteiger partial charge in [0.25, 0.3) is 5.91 Å². The van der Waals surface area contributed by atoms with Gasteiger partial charge in [-0.2, -0.15) is 0 Å². The first-order valence-electron chi connectivity index (χ1n) is 12.3. The number of benzene rings is 2. The molecular weight excluding hydrogens is 412 g/mol. The van der Waals surface area contributed by atoms with Gasteiger partial charge >= 0.3 is 0 Å². The quantitative estimate of drug-likeness (QED) is 0.659. The summed E-state index contributed by atoms with van der Waals surface area (Å²) in [5.41, 5.74) is 2.48. The maximum atomic E-state index is 13.5. The molecule has 3 aliphatic rings. The number of hydrogen-bond acceptors (Lipinski definition) is 4. The van der Waals surface area contributed by atoms with Crippen LogP contribution < -0.4 is 16.0 Å². The van der Waals surface area contributed by atoms with E-state index < -0.39 is 5.54 Å². The van der Waals surface area contributed by atoms with Crippen LogP contribution in [0.2, 0.25) is 0 Å². The Morgan fingerprint density at radius 2 is 1.94 bits per heavy atom. The lowest BCUT2D eigenvalue weighted by molar-refractivity contribution is -0.126. The topological polar surface area (TPSA) is 73.5 Å². The number of fused-ring (bicyclic) bond motifs is 1. The van der Waals surface area contributed by atoms with Crippen molar-refractivity contribution in [1.82, 2.24) is 20.9 Å². The summed E-state index contributed by atoms with van der Waals surface area (Å²) in [6.07, 6.45) is 3.87. The first-order valence-corrected chi connectivity index (χ1v) is 12.3. The maximum Gasteiger partial charge on any atom is 0.252 e. The zero-order chi connectivity index (χ0) is 22.7. The van der Waals surface area contributed by atoms with E-state index >= 15 is 0 Å². The number of carbonyl (C=O) groups is 2. The van der Waals surface area contributed by atoms with Crippen LogP contribution in [0.5, 0.6) is 0 Å². The van der Waals surface area contributed by atoms with Gasteiger partial charge in [-0.05, 0) is 61.9 Å². The van der Waals surface area contributed by atoms with Crippen LogP contribution in [-0.4, -0.2) is 55.0 Å². The lowest BCUT2D eigenvalue weighted by atomic mass is 9.82. The normalized spacial score (nSPS) is 27.6. The van der Waals surface area contributed by atoms with Gasteiger partial charge in [0.15, 0.2) is 0 Å². The third-order valence-corrected chi connectivity index (χ3v) is 7.61. The third kappa shape index (κ3) is 4.82. The number of nitrogens with one attached hydrogen (secondary N) is 3. The minimum atomic E-state index is -0.556. The largest absolute Gasteiger partial charge is 0.355 e. The Morgan fingerprint density at radius 1 is 1.12 bits per heavy atom. The Morgan fingerprint density at radius 3 is 2.76 bits per heavy atom. The molecule has 2 aromatic rings. The third-order valence-electron chi connectivity index (χ3n) is 7.61. The van der Waals surface area contributed by atoms with Crippen molar-refractivity contribution in [3.8, 4) is 0 Å². The summed E-state index contributed by atoms with van der Waals surface area (Å²) in [7, 11) is 0. The van der Waals surface area contributed by atoms with Crippen LogP contribution in [0.15, 0.2) is 54.6 Å². The van der Waals surface area contributed by atoms with Crippen LogP contribution in [0.25, 0.3) is 0 Å². The van der Waals surface area contributed by atoms with Crippen LogP contribution in [0.3, 0.4) is 0 Å². The molecule has 0 radical (unpaired) electrons. The summed E-state index contributed by atoms with van der Waals surface area (Å²) >= 11 is 0. The second-order valence-electron chi connectivity index (χ2n) is 9.93. The van der Waals surface area contributed by atoms with Crippen molar-refractivity contribution < 1.29 is 9.59 Å². The molecule has 0 aromatic heterocycles. The number of likely N-dealkylation sites (tertiary alicyclic amines) is 1. The van der Waals surface area contributed by atoms with Crippen LogP contribution >= 0.6 is 0 Å². The molecule has 33 heavy (non-hydrogen) atoms. The molecule has 174 valence electrons. The highest BCUT2D eigenvalue weighted by atomic mass is 16.2. The van der Waals surface area contributed by atoms with E-state index in [9.17, 15) is 9.59 Å². The van der Waals surface area contributed by atoms with Crippen molar-refractivity contribution in [3.05, 3.63) is 71.3 Å². The van der Waals surface area contributed by atoms with Gasteiger partial charge in [0.05, 0.1) is 11.5 Å². The van der Waals surface area contributed by atoms with E-state index in [1.165, 1.54) is 5.56 Å². The van der Waals surface area contributed by atoms with E-state index in [1.54, 1.807) is 0 Å². The van der Waals surface area contributed by atoms with E-state index in [0.717, 1.165) is 56.4 Å². The fraction of sp³-hybridized carbons (Fsp3) is 0.481. The number of aryl methyl sites for hydroxylation is 1. The van der Waals surface area contributed by atoms with Crippen molar-refractivity contribution in [2.75, 3.05) is 32.7 Å². The van der Waals surface area contributed by atoms with Gasteiger partial charge in [0.2, 0.25) is 5.91 Å². The molecular formula is C27H34N4O2. The Kier molecular flexibility index (Phi) is 6.47. The van der Waals surface area contributed by atoms with Gasteiger partial charge in [0.1, 0.15) is 0 Å². The van der Waals surface area contributed by atoms with Crippen molar-refractivity contribution in [3.63, 3.8) is 0 Å². The Bertz CT molecular complexity index is 989. The molecule has 2 fully saturated rings. The van der Waals surface area contributed by atoms with Crippen LogP contribution in [0, 0.1) is 11.8 Å². The minimum absolute atomic E-state index is 0.0565. The van der Waals surface area contributed by atoms with Gasteiger partial charge in [-0.25, -0.2) is 0 Å². The highest BCUT2D eigenvalue weighted by Crippen LogP contribution is 2.36. The Labute approximate surface area is 196 Å². The molecule has 1 spiro atoms. The molecule has 0 saturated carbocycles. The first kappa shape index (κ1) is 22.1. The average Bonchev–Trinajstić information content (AvgIpc) is 3.12. The molecule has 2 saturated heterocycles. The first-order chi connectivity index (χ1) is 16.1. The number of amides is 2. The van der Waals surface area contributed by atoms with Gasteiger partial charge < -0.3 is 16.0 Å². The number of rotatable bonds is 5. The molecule has 5 rings (SSSR count). The predicted molar refractivity (Wildman–Crippen MR) is 129 cm³/mol. The van der Waals surface area contributed by atoms with E-state index in [2.05, 4.69) is 33.0 Å². The van der Waals surface area contributed by atoms with Gasteiger partial charge in [-0.15, -0.1) is 0 Å². The Balaban J connectivity index is 1.36. The second kappa shape index (κ2) is 9.65. The number of hydrogen-bond donors (Lipinski definition) is 3. The van der Waals surface area contributed by atoms with E-state index in [0.29, 0.717) is 25.6 Å². The lowest BCUT2D eigenvalue weighted by Gasteiger charge is -2.34. The molecule has 3 aliphatic heterocycles. The molecule has 3 N–H and O–H groups in total. The average molecular weight is 447 g/mol.